The molecule has 2 aromatic rings. The fraction of sp³-hybridized carbons (Fsp3) is 0.750. The number of ether oxygens (including phenoxy) is 27. The summed E-state index contributed by atoms with van der Waals surface area (Å²) >= 11 is 0. The van der Waals surface area contributed by atoms with Crippen LogP contribution in [-0.2, 0) is 157 Å². The van der Waals surface area contributed by atoms with Gasteiger partial charge in [0.2, 0.25) is 29.4 Å². The lowest BCUT2D eigenvalue weighted by Gasteiger charge is -2.51. The lowest BCUT2D eigenvalue weighted by atomic mass is 9.94. The Morgan fingerprint density at radius 3 is 0.966 bits per heavy atom. The van der Waals surface area contributed by atoms with Crippen molar-refractivity contribution in [2.75, 3.05) is 147 Å². The summed E-state index contributed by atoms with van der Waals surface area (Å²) in [5, 5.41) is 11.4. The maximum absolute atomic E-state index is 13.4. The predicted molar refractivity (Wildman–Crippen MR) is 408 cm³/mol. The highest BCUT2D eigenvalue weighted by Crippen LogP contribution is 2.45. The number of terminal acetylenes is 1. The number of fused-ring (bicyclic) bond motifs is 3. The van der Waals surface area contributed by atoms with Crippen molar-refractivity contribution in [2.24, 2.45) is 0 Å². The third-order valence-electron chi connectivity index (χ3n) is 21.8. The summed E-state index contributed by atoms with van der Waals surface area (Å²) in [5.74, 6) is -0.530. The Kier molecular flexibility index (Phi) is 39.1. The second-order valence-electron chi connectivity index (χ2n) is 28.9. The molecule has 0 spiro atoms. The molecule has 1 aliphatic carbocycles. The molecule has 4 amide bonds. The summed E-state index contributed by atoms with van der Waals surface area (Å²) < 4.78 is 164. The summed E-state index contributed by atoms with van der Waals surface area (Å²) in [6.45, 7) is 6.74. The number of esters is 1. The van der Waals surface area contributed by atoms with Crippen LogP contribution in [0.25, 0.3) is 11.1 Å². The Labute approximate surface area is 684 Å². The highest BCUT2D eigenvalue weighted by molar-refractivity contribution is 5.97. The topological polar surface area (TPSA) is 400 Å². The van der Waals surface area contributed by atoms with Crippen molar-refractivity contribution in [1.82, 2.24) is 21.3 Å². The highest BCUT2D eigenvalue weighted by Gasteiger charge is 2.59. The zero-order chi connectivity index (χ0) is 85.3. The number of methoxy groups -OCH3 is 16. The van der Waals surface area contributed by atoms with Crippen molar-refractivity contribution in [3.05, 3.63) is 59.7 Å². The summed E-state index contributed by atoms with van der Waals surface area (Å²) in [7, 11) is 23.9. The number of carbonyl (C=O) groups excluding carboxylic acids is 6. The first-order valence-electron chi connectivity index (χ1n) is 38.7. The molecule has 6 saturated heterocycles. The van der Waals surface area contributed by atoms with Crippen LogP contribution in [0.5, 0.6) is 0 Å². The van der Waals surface area contributed by atoms with Gasteiger partial charge in [0, 0.05) is 153 Å². The molecule has 37 nitrogen and oxygen atoms in total. The van der Waals surface area contributed by atoms with Gasteiger partial charge in [-0.05, 0) is 42.0 Å². The monoisotopic (exact) mass is 1670 g/mol. The fourth-order valence-corrected chi connectivity index (χ4v) is 16.4. The van der Waals surface area contributed by atoms with Gasteiger partial charge in [0.25, 0.3) is 0 Å². The van der Waals surface area contributed by atoms with Gasteiger partial charge in [0.1, 0.15) is 129 Å². The van der Waals surface area contributed by atoms with Crippen molar-refractivity contribution in [1.29, 1.82) is 0 Å². The number of amides is 4. The molecule has 4 N–H and O–H groups in total. The van der Waals surface area contributed by atoms with Crippen LogP contribution in [0.4, 0.5) is 0 Å². The smallest absolute Gasteiger partial charge is 0.306 e. The van der Waals surface area contributed by atoms with E-state index in [1.807, 2.05) is 42.3 Å². The zero-order valence-electron chi connectivity index (χ0n) is 70.4. The van der Waals surface area contributed by atoms with E-state index in [0.29, 0.717) is 0 Å². The molecule has 0 bridgehead atoms. The quantitative estimate of drug-likeness (QED) is 0.0411. The van der Waals surface area contributed by atoms with E-state index in [-0.39, 0.29) is 76.4 Å². The first-order valence-corrected chi connectivity index (χ1v) is 38.7. The Morgan fingerprint density at radius 1 is 0.350 bits per heavy atom. The Morgan fingerprint density at radius 2 is 0.650 bits per heavy atom. The molecule has 0 saturated carbocycles. The van der Waals surface area contributed by atoms with Crippen molar-refractivity contribution in [3.63, 3.8) is 0 Å². The van der Waals surface area contributed by atoms with Crippen LogP contribution in [0.3, 0.4) is 0 Å². The standard InChI is InChI=1S/C46H66N2O17.C34H56N2O16/c1-24-35(47-25(2)49)38(54-5)42(58-9)45(61-24)64-37-32(23-53-4)63-46(43(59-10)40(37)56-7)65-36-31(22-52-3)62-44(41(57-8)39(36)55-6)48-33(50)19-20-34(51)60-21-30-28-17-13-11-15-26(28)27-16-12-14-18-29(27)30;1-12-19(38)13-14-22(39)36-32-29(45-9)27(43-7)24(20(49-32)15-40-4)52-34-31(47-11)28(44-8)25(21(50-34)16-41-5)51-33-30(46-10)26(42-6)23(17(2)48-33)35-18(3)37/h11-18,24,30-32,35-46H,19-23H2,1-10H3,(H,47,49)(H,48,50);1,17,20-21,23-34H,13-16H2,2-11H3,(H,35,37)(H,36,39)/t24?,31?,32?,35-,36?,37?,38?,39?,40?,41?,42?,43?,44?,45?,46?;17?,20?,21?,23-,24?,25?,26?,27?,28?,29?,30?,31?,32?,33?,34?/m11/s1. The lowest BCUT2D eigenvalue weighted by molar-refractivity contribution is -0.374. The Balaban J connectivity index is 0.000000300. The number of ketones is 1. The molecule has 7 aliphatic rings. The summed E-state index contributed by atoms with van der Waals surface area (Å²) in [5.41, 5.74) is 4.44. The number of hydrogen-bond acceptors (Lipinski definition) is 33. The van der Waals surface area contributed by atoms with Crippen LogP contribution in [0, 0.1) is 12.3 Å². The normalized spacial score (nSPS) is 35.4. The molecular formula is C80H122N4O33. The van der Waals surface area contributed by atoms with E-state index >= 15 is 0 Å². The molecule has 28 unspecified atom stereocenters. The van der Waals surface area contributed by atoms with Gasteiger partial charge < -0.3 is 149 Å². The molecule has 2 aromatic carbocycles. The van der Waals surface area contributed by atoms with Gasteiger partial charge in [-0.25, -0.2) is 0 Å². The average molecular weight is 1670 g/mol. The maximum Gasteiger partial charge on any atom is 0.306 e. The number of benzene rings is 2. The van der Waals surface area contributed by atoms with Gasteiger partial charge in [-0.1, -0.05) is 48.5 Å². The first-order chi connectivity index (χ1) is 56.4. The number of nitrogens with one attached hydrogen (secondary N) is 4. The van der Waals surface area contributed by atoms with Crippen LogP contribution in [0.1, 0.15) is 70.4 Å². The van der Waals surface area contributed by atoms with E-state index in [1.165, 1.54) is 128 Å². The van der Waals surface area contributed by atoms with Crippen molar-refractivity contribution in [3.8, 4) is 23.5 Å². The molecule has 6 aliphatic heterocycles. The van der Waals surface area contributed by atoms with Crippen molar-refractivity contribution >= 4 is 35.4 Å². The van der Waals surface area contributed by atoms with Gasteiger partial charge in [0.15, 0.2) is 37.6 Å². The fourth-order valence-electron chi connectivity index (χ4n) is 16.4. The van der Waals surface area contributed by atoms with E-state index in [2.05, 4.69) is 33.4 Å². The van der Waals surface area contributed by atoms with Gasteiger partial charge in [-0.15, -0.1) is 6.42 Å². The van der Waals surface area contributed by atoms with Crippen LogP contribution in [0.15, 0.2) is 48.5 Å². The van der Waals surface area contributed by atoms with Crippen LogP contribution >= 0.6 is 0 Å². The van der Waals surface area contributed by atoms with Gasteiger partial charge in [-0.2, -0.15) is 0 Å². The number of rotatable bonds is 40. The Hall–Kier alpha value is -6.02. The minimum absolute atomic E-state index is 0.0220. The van der Waals surface area contributed by atoms with Gasteiger partial charge in [0.05, 0.1) is 57.1 Å². The molecule has 0 aromatic heterocycles. The molecule has 0 radical (unpaired) electrons. The third kappa shape index (κ3) is 23.6. The van der Waals surface area contributed by atoms with Crippen LogP contribution < -0.4 is 21.3 Å². The van der Waals surface area contributed by atoms with E-state index in [4.69, 9.17) is 134 Å². The molecule has 9 rings (SSSR count). The summed E-state index contributed by atoms with van der Waals surface area (Å²) in [4.78, 5) is 74.8. The third-order valence-corrected chi connectivity index (χ3v) is 21.8. The van der Waals surface area contributed by atoms with E-state index in [1.54, 1.807) is 13.8 Å². The minimum Gasteiger partial charge on any atom is -0.465 e. The van der Waals surface area contributed by atoms with Gasteiger partial charge >= 0.3 is 5.97 Å². The molecule has 660 valence electrons. The molecule has 6 heterocycles. The SMILES string of the molecule is C#CC(=O)CCC(=O)NC1OC(COC)C(OC2OC(COC)C(OC3OC(C)[C@@H](NC(C)=O)C(OC)C3OC)C(OC)C2OC)C(OC)C1OC.COCC1OC(NC(=O)CCC(=O)OCC2c3ccccc3-c3ccccc32)C(OC)C(OC)C1OC1OC(COC)C(OC2OC(C)[C@@H](NC(C)=O)C(OC)C2OC)C(OC)C1OC. The Bertz CT molecular complexity index is 3410. The van der Waals surface area contributed by atoms with E-state index in [0.717, 1.165) is 22.3 Å². The van der Waals surface area contributed by atoms with Crippen molar-refractivity contribution in [2.45, 2.75) is 243 Å². The van der Waals surface area contributed by atoms with Crippen LogP contribution in [-0.4, -0.2) is 366 Å². The molecule has 37 heteroatoms. The lowest BCUT2D eigenvalue weighted by Crippen LogP contribution is -2.69. The second kappa shape index (κ2) is 47.4. The second-order valence-corrected chi connectivity index (χ2v) is 28.9. The zero-order valence-corrected chi connectivity index (χ0v) is 70.4. The van der Waals surface area contributed by atoms with E-state index in [9.17, 15) is 28.8 Å². The highest BCUT2D eigenvalue weighted by atomic mass is 16.8. The molecule has 117 heavy (non-hydrogen) atoms. The van der Waals surface area contributed by atoms with Crippen LogP contribution in [0.2, 0.25) is 0 Å². The first kappa shape index (κ1) is 96.4. The number of hydrogen-bond donors (Lipinski definition) is 4. The van der Waals surface area contributed by atoms with E-state index < -0.39 is 208 Å². The summed E-state index contributed by atoms with van der Waals surface area (Å²) in [6.07, 6.45) is -19.1. The minimum atomic E-state index is -1.11. The maximum atomic E-state index is 13.4. The number of carbonyl (C=O) groups is 6. The molecular weight excluding hydrogens is 1540 g/mol. The largest absolute Gasteiger partial charge is 0.465 e. The summed E-state index contributed by atoms with van der Waals surface area (Å²) in [6, 6.07) is 15.1. The molecule has 6 fully saturated rings. The van der Waals surface area contributed by atoms with Gasteiger partial charge in [-0.3, -0.25) is 28.8 Å². The predicted octanol–water partition coefficient (Wildman–Crippen LogP) is 1.03. The average Bonchev–Trinajstić information content (AvgIpc) is 1.46. The number of Topliss-reactive ketones (excluding diaryl/α,β-unsaturated/α-hetero) is 1. The molecule has 30 atom stereocenters. The van der Waals surface area contributed by atoms with Crippen molar-refractivity contribution < 1.29 is 157 Å².